The standard InChI is InChI=1S/C14H20O4/c1-3-16-14(17-4-2)10-13(15)18-11-12-8-6-5-7-9-12/h5-9,14H,3-4,10-11H2,1-2H3. The molecule has 0 spiro atoms. The number of benzene rings is 1. The first-order chi connectivity index (χ1) is 8.76. The van der Waals surface area contributed by atoms with Gasteiger partial charge in [-0.2, -0.15) is 0 Å². The minimum atomic E-state index is -0.511. The Morgan fingerprint density at radius 2 is 1.72 bits per heavy atom. The summed E-state index contributed by atoms with van der Waals surface area (Å²) in [7, 11) is 0. The van der Waals surface area contributed by atoms with Gasteiger partial charge in [0.25, 0.3) is 0 Å². The summed E-state index contributed by atoms with van der Waals surface area (Å²) < 4.78 is 15.7. The van der Waals surface area contributed by atoms with Crippen molar-refractivity contribution in [3.63, 3.8) is 0 Å². The van der Waals surface area contributed by atoms with Crippen molar-refractivity contribution >= 4 is 5.97 Å². The van der Waals surface area contributed by atoms with Crippen LogP contribution >= 0.6 is 0 Å². The fourth-order valence-electron chi connectivity index (χ4n) is 1.47. The molecule has 0 saturated carbocycles. The van der Waals surface area contributed by atoms with E-state index in [0.29, 0.717) is 13.2 Å². The first-order valence-electron chi connectivity index (χ1n) is 6.19. The van der Waals surface area contributed by atoms with Gasteiger partial charge in [0.05, 0.1) is 6.42 Å². The zero-order valence-electron chi connectivity index (χ0n) is 10.9. The molecule has 0 aliphatic heterocycles. The molecule has 0 heterocycles. The van der Waals surface area contributed by atoms with Gasteiger partial charge in [0.2, 0.25) is 0 Å². The van der Waals surface area contributed by atoms with Crippen LogP contribution in [0.4, 0.5) is 0 Å². The summed E-state index contributed by atoms with van der Waals surface area (Å²) in [5.74, 6) is -0.314. The number of hydrogen-bond donors (Lipinski definition) is 0. The fourth-order valence-corrected chi connectivity index (χ4v) is 1.47. The zero-order chi connectivity index (χ0) is 13.2. The molecule has 4 heteroatoms. The molecular weight excluding hydrogens is 232 g/mol. The van der Waals surface area contributed by atoms with E-state index in [9.17, 15) is 4.79 Å². The van der Waals surface area contributed by atoms with Gasteiger partial charge in [0.1, 0.15) is 6.61 Å². The van der Waals surface area contributed by atoms with E-state index in [4.69, 9.17) is 14.2 Å². The van der Waals surface area contributed by atoms with Crippen LogP contribution in [-0.2, 0) is 25.6 Å². The highest BCUT2D eigenvalue weighted by Gasteiger charge is 2.14. The van der Waals surface area contributed by atoms with Gasteiger partial charge in [0, 0.05) is 13.2 Å². The molecule has 0 saturated heterocycles. The van der Waals surface area contributed by atoms with Gasteiger partial charge < -0.3 is 14.2 Å². The Labute approximate surface area is 108 Å². The summed E-state index contributed by atoms with van der Waals surface area (Å²) >= 11 is 0. The molecule has 0 aliphatic carbocycles. The average Bonchev–Trinajstić information content (AvgIpc) is 2.38. The lowest BCUT2D eigenvalue weighted by atomic mass is 10.2. The minimum absolute atomic E-state index is 0.120. The third-order valence-electron chi connectivity index (χ3n) is 2.28. The van der Waals surface area contributed by atoms with Crippen molar-refractivity contribution in [2.75, 3.05) is 13.2 Å². The maximum Gasteiger partial charge on any atom is 0.311 e. The molecule has 1 aromatic rings. The van der Waals surface area contributed by atoms with Crippen molar-refractivity contribution < 1.29 is 19.0 Å². The first kappa shape index (κ1) is 14.7. The van der Waals surface area contributed by atoms with Gasteiger partial charge in [-0.15, -0.1) is 0 Å². The summed E-state index contributed by atoms with van der Waals surface area (Å²) in [4.78, 5) is 11.6. The van der Waals surface area contributed by atoms with Crippen LogP contribution in [0.5, 0.6) is 0 Å². The van der Waals surface area contributed by atoms with E-state index in [1.807, 2.05) is 44.2 Å². The Kier molecular flexibility index (Phi) is 7.06. The number of rotatable bonds is 8. The largest absolute Gasteiger partial charge is 0.461 e. The molecule has 0 bridgehead atoms. The Bertz CT molecular complexity index is 331. The van der Waals surface area contributed by atoms with Gasteiger partial charge in [-0.3, -0.25) is 4.79 Å². The lowest BCUT2D eigenvalue weighted by Gasteiger charge is -2.15. The Balaban J connectivity index is 2.31. The third-order valence-corrected chi connectivity index (χ3v) is 2.28. The Hall–Kier alpha value is -1.39. The highest BCUT2D eigenvalue weighted by Crippen LogP contribution is 2.06. The number of esters is 1. The van der Waals surface area contributed by atoms with Gasteiger partial charge in [-0.1, -0.05) is 30.3 Å². The van der Waals surface area contributed by atoms with Crippen LogP contribution in [-0.4, -0.2) is 25.5 Å². The maximum absolute atomic E-state index is 11.6. The second kappa shape index (κ2) is 8.66. The van der Waals surface area contributed by atoms with Crippen LogP contribution in [0.1, 0.15) is 25.8 Å². The molecule has 0 aliphatic rings. The van der Waals surface area contributed by atoms with Crippen LogP contribution in [0.15, 0.2) is 30.3 Å². The van der Waals surface area contributed by atoms with E-state index < -0.39 is 6.29 Å². The molecule has 0 unspecified atom stereocenters. The average molecular weight is 252 g/mol. The molecule has 1 rings (SSSR count). The maximum atomic E-state index is 11.6. The molecule has 100 valence electrons. The van der Waals surface area contributed by atoms with Crippen LogP contribution in [0.2, 0.25) is 0 Å². The van der Waals surface area contributed by atoms with Gasteiger partial charge >= 0.3 is 5.97 Å². The van der Waals surface area contributed by atoms with E-state index in [2.05, 4.69) is 0 Å². The van der Waals surface area contributed by atoms with Crippen molar-refractivity contribution in [3.05, 3.63) is 35.9 Å². The minimum Gasteiger partial charge on any atom is -0.461 e. The van der Waals surface area contributed by atoms with Crippen molar-refractivity contribution in [1.29, 1.82) is 0 Å². The quantitative estimate of drug-likeness (QED) is 0.527. The molecule has 18 heavy (non-hydrogen) atoms. The van der Waals surface area contributed by atoms with Crippen LogP contribution in [0.3, 0.4) is 0 Å². The van der Waals surface area contributed by atoms with E-state index in [-0.39, 0.29) is 19.0 Å². The second-order valence-corrected chi connectivity index (χ2v) is 3.69. The highest BCUT2D eigenvalue weighted by atomic mass is 16.7. The van der Waals surface area contributed by atoms with Crippen LogP contribution in [0.25, 0.3) is 0 Å². The second-order valence-electron chi connectivity index (χ2n) is 3.69. The van der Waals surface area contributed by atoms with E-state index in [1.165, 1.54) is 0 Å². The zero-order valence-corrected chi connectivity index (χ0v) is 10.9. The summed E-state index contributed by atoms with van der Waals surface area (Å²) in [5.41, 5.74) is 0.968. The van der Waals surface area contributed by atoms with E-state index >= 15 is 0 Å². The lowest BCUT2D eigenvalue weighted by Crippen LogP contribution is -2.22. The van der Waals surface area contributed by atoms with Crippen molar-refractivity contribution in [2.24, 2.45) is 0 Å². The first-order valence-corrected chi connectivity index (χ1v) is 6.19. The molecule has 0 amide bonds. The predicted octanol–water partition coefficient (Wildman–Crippen LogP) is 2.52. The topological polar surface area (TPSA) is 44.8 Å². The molecule has 0 radical (unpaired) electrons. The monoisotopic (exact) mass is 252 g/mol. The molecule has 0 atom stereocenters. The van der Waals surface area contributed by atoms with Gasteiger partial charge in [-0.05, 0) is 19.4 Å². The predicted molar refractivity (Wildman–Crippen MR) is 67.9 cm³/mol. The van der Waals surface area contributed by atoms with Gasteiger partial charge in [-0.25, -0.2) is 0 Å². The number of carbonyl (C=O) groups is 1. The van der Waals surface area contributed by atoms with Crippen molar-refractivity contribution in [1.82, 2.24) is 0 Å². The molecular formula is C14H20O4. The Morgan fingerprint density at radius 3 is 2.28 bits per heavy atom. The normalized spacial score (nSPS) is 10.6. The van der Waals surface area contributed by atoms with Gasteiger partial charge in [0.15, 0.2) is 6.29 Å². The van der Waals surface area contributed by atoms with Crippen LogP contribution < -0.4 is 0 Å². The summed E-state index contributed by atoms with van der Waals surface area (Å²) in [6.45, 7) is 5.03. The highest BCUT2D eigenvalue weighted by molar-refractivity contribution is 5.69. The third kappa shape index (κ3) is 5.80. The molecule has 4 nitrogen and oxygen atoms in total. The summed E-state index contributed by atoms with van der Waals surface area (Å²) in [6.07, 6.45) is -0.391. The lowest BCUT2D eigenvalue weighted by molar-refractivity contribution is -0.169. The van der Waals surface area contributed by atoms with Crippen LogP contribution in [0, 0.1) is 0 Å². The Morgan fingerprint density at radius 1 is 1.11 bits per heavy atom. The number of ether oxygens (including phenoxy) is 3. The van der Waals surface area contributed by atoms with Crippen molar-refractivity contribution in [3.8, 4) is 0 Å². The fraction of sp³-hybridized carbons (Fsp3) is 0.500. The molecule has 0 fully saturated rings. The van der Waals surface area contributed by atoms with Crippen molar-refractivity contribution in [2.45, 2.75) is 33.2 Å². The number of hydrogen-bond acceptors (Lipinski definition) is 4. The molecule has 0 N–H and O–H groups in total. The summed E-state index contributed by atoms with van der Waals surface area (Å²) in [5, 5.41) is 0. The number of carbonyl (C=O) groups excluding carboxylic acids is 1. The van der Waals surface area contributed by atoms with E-state index in [0.717, 1.165) is 5.56 Å². The smallest absolute Gasteiger partial charge is 0.311 e. The summed E-state index contributed by atoms with van der Waals surface area (Å²) in [6, 6.07) is 9.57. The molecule has 0 aromatic heterocycles. The van der Waals surface area contributed by atoms with E-state index in [1.54, 1.807) is 0 Å². The molecule has 1 aromatic carbocycles. The SMILES string of the molecule is CCOC(CC(=O)OCc1ccccc1)OCC.